The molecule has 2 N–H and O–H groups in total. The third kappa shape index (κ3) is 2.30. The number of hydrogen-bond acceptors (Lipinski definition) is 2. The van der Waals surface area contributed by atoms with Gasteiger partial charge in [0.15, 0.2) is 0 Å². The third-order valence-corrected chi connectivity index (χ3v) is 6.90. The van der Waals surface area contributed by atoms with Gasteiger partial charge < -0.3 is 15.5 Å². The Hall–Kier alpha value is -1.71. The van der Waals surface area contributed by atoms with Gasteiger partial charge in [-0.25, -0.2) is 4.79 Å². The summed E-state index contributed by atoms with van der Waals surface area (Å²) in [4.78, 5) is 17.4. The number of nitrogens with zero attached hydrogens (tertiary/aromatic N) is 2. The Balaban J connectivity index is 1.65. The van der Waals surface area contributed by atoms with Gasteiger partial charge in [0.25, 0.3) is 0 Å². The molecule has 2 fully saturated rings. The van der Waals surface area contributed by atoms with Crippen LogP contribution in [0.5, 0.6) is 0 Å². The van der Waals surface area contributed by atoms with Gasteiger partial charge in [0, 0.05) is 31.4 Å². The van der Waals surface area contributed by atoms with Gasteiger partial charge in [0.2, 0.25) is 0 Å². The summed E-state index contributed by atoms with van der Waals surface area (Å²) in [5, 5.41) is 0. The molecule has 1 aromatic carbocycles. The van der Waals surface area contributed by atoms with Crippen LogP contribution in [0.1, 0.15) is 50.7 Å². The largest absolute Gasteiger partial charge is 0.399 e. The fraction of sp³-hybridized carbons (Fsp3) is 0.650. The zero-order valence-corrected chi connectivity index (χ0v) is 14.9. The van der Waals surface area contributed by atoms with Crippen molar-refractivity contribution in [2.45, 2.75) is 57.4 Å². The first kappa shape index (κ1) is 15.8. The number of nitrogens with two attached hydrogens (primary N) is 1. The van der Waals surface area contributed by atoms with E-state index in [1.165, 1.54) is 17.5 Å². The van der Waals surface area contributed by atoms with Crippen molar-refractivity contribution in [3.63, 3.8) is 0 Å². The molecule has 0 saturated carbocycles. The van der Waals surface area contributed by atoms with Crippen LogP contribution in [-0.2, 0) is 11.8 Å². The molecule has 0 radical (unpaired) electrons. The Labute approximate surface area is 145 Å². The number of piperidine rings is 2. The van der Waals surface area contributed by atoms with E-state index in [1.54, 1.807) is 0 Å². The van der Waals surface area contributed by atoms with E-state index in [0.717, 1.165) is 51.0 Å². The monoisotopic (exact) mass is 327 g/mol. The first-order chi connectivity index (χ1) is 11.5. The number of nitrogen functional groups attached to an aromatic ring is 1. The topological polar surface area (TPSA) is 49.6 Å². The van der Waals surface area contributed by atoms with Gasteiger partial charge in [-0.3, -0.25) is 0 Å². The molecule has 2 saturated heterocycles. The normalized spacial score (nSPS) is 32.4. The SMILES string of the molecule is C[C@@H]1[C@H]2Cc3cc(N)ccc3[C@]1(C)CCN2C(=O)N1CCCCC1. The first-order valence-electron chi connectivity index (χ1n) is 9.45. The molecular weight excluding hydrogens is 298 g/mol. The average molecular weight is 327 g/mol. The van der Waals surface area contributed by atoms with Crippen LogP contribution in [0.25, 0.3) is 0 Å². The molecule has 1 aliphatic carbocycles. The number of fused-ring (bicyclic) bond motifs is 4. The molecule has 4 heteroatoms. The lowest BCUT2D eigenvalue weighted by atomic mass is 9.59. The van der Waals surface area contributed by atoms with Crippen molar-refractivity contribution < 1.29 is 4.79 Å². The Morgan fingerprint density at radius 3 is 2.71 bits per heavy atom. The van der Waals surface area contributed by atoms with E-state index in [4.69, 9.17) is 5.73 Å². The molecule has 2 heterocycles. The fourth-order valence-corrected chi connectivity index (χ4v) is 5.18. The highest BCUT2D eigenvalue weighted by Crippen LogP contribution is 2.49. The highest BCUT2D eigenvalue weighted by molar-refractivity contribution is 5.75. The molecule has 0 aromatic heterocycles. The lowest BCUT2D eigenvalue weighted by molar-refractivity contribution is 0.0386. The zero-order chi connectivity index (χ0) is 16.9. The van der Waals surface area contributed by atoms with E-state index in [-0.39, 0.29) is 11.4 Å². The second-order valence-electron chi connectivity index (χ2n) is 8.17. The zero-order valence-electron chi connectivity index (χ0n) is 14.9. The summed E-state index contributed by atoms with van der Waals surface area (Å²) in [5.74, 6) is 0.483. The van der Waals surface area contributed by atoms with E-state index in [2.05, 4.69) is 35.8 Å². The van der Waals surface area contributed by atoms with Crippen molar-refractivity contribution in [2.75, 3.05) is 25.4 Å². The van der Waals surface area contributed by atoms with Gasteiger partial charge in [0.05, 0.1) is 0 Å². The maximum atomic E-state index is 13.1. The number of urea groups is 1. The number of benzene rings is 1. The van der Waals surface area contributed by atoms with Crippen molar-refractivity contribution in [1.82, 2.24) is 9.80 Å². The highest BCUT2D eigenvalue weighted by Gasteiger charge is 2.50. The lowest BCUT2D eigenvalue weighted by Gasteiger charge is -2.55. The molecule has 1 aromatic rings. The standard InChI is InChI=1S/C20H29N3O/c1-14-18-13-15-12-16(21)6-7-17(15)20(14,2)8-11-23(18)19(24)22-9-4-3-5-10-22/h6-7,12,14,18H,3-5,8-11,13,21H2,1-2H3/t14-,18-,20-/m1/s1. The molecule has 2 bridgehead atoms. The summed E-state index contributed by atoms with van der Waals surface area (Å²) in [6.07, 6.45) is 5.54. The molecule has 0 unspecified atom stereocenters. The van der Waals surface area contributed by atoms with E-state index >= 15 is 0 Å². The molecular formula is C20H29N3O. The van der Waals surface area contributed by atoms with Crippen LogP contribution in [-0.4, -0.2) is 41.5 Å². The second kappa shape index (κ2) is 5.68. The van der Waals surface area contributed by atoms with Gasteiger partial charge in [-0.05, 0) is 66.7 Å². The van der Waals surface area contributed by atoms with E-state index in [1.807, 2.05) is 6.07 Å². The van der Waals surface area contributed by atoms with Crippen molar-refractivity contribution >= 4 is 11.7 Å². The maximum absolute atomic E-state index is 13.1. The maximum Gasteiger partial charge on any atom is 0.320 e. The van der Waals surface area contributed by atoms with Crippen molar-refractivity contribution in [3.8, 4) is 0 Å². The smallest absolute Gasteiger partial charge is 0.320 e. The second-order valence-corrected chi connectivity index (χ2v) is 8.17. The van der Waals surface area contributed by atoms with Gasteiger partial charge >= 0.3 is 6.03 Å². The summed E-state index contributed by atoms with van der Waals surface area (Å²) in [7, 11) is 0. The van der Waals surface area contributed by atoms with Gasteiger partial charge in [0.1, 0.15) is 0 Å². The van der Waals surface area contributed by atoms with Crippen molar-refractivity contribution in [3.05, 3.63) is 29.3 Å². The number of hydrogen-bond donors (Lipinski definition) is 1. The van der Waals surface area contributed by atoms with Crippen LogP contribution in [0.3, 0.4) is 0 Å². The van der Waals surface area contributed by atoms with Gasteiger partial charge in [-0.15, -0.1) is 0 Å². The summed E-state index contributed by atoms with van der Waals surface area (Å²) < 4.78 is 0. The van der Waals surface area contributed by atoms with Crippen molar-refractivity contribution in [2.24, 2.45) is 5.92 Å². The Morgan fingerprint density at radius 1 is 1.21 bits per heavy atom. The molecule has 4 nitrogen and oxygen atoms in total. The molecule has 0 spiro atoms. The molecule has 130 valence electrons. The minimum absolute atomic E-state index is 0.157. The van der Waals surface area contributed by atoms with E-state index in [0.29, 0.717) is 12.0 Å². The molecule has 2 aliphatic heterocycles. The number of anilines is 1. The molecule has 4 rings (SSSR count). The number of carbonyl (C=O) groups is 1. The molecule has 3 atom stereocenters. The third-order valence-electron chi connectivity index (χ3n) is 6.90. The fourth-order valence-electron chi connectivity index (χ4n) is 5.18. The molecule has 2 amide bonds. The van der Waals surface area contributed by atoms with Crippen LogP contribution in [0.4, 0.5) is 10.5 Å². The highest BCUT2D eigenvalue weighted by atomic mass is 16.2. The number of amides is 2. The Morgan fingerprint density at radius 2 is 1.96 bits per heavy atom. The lowest BCUT2D eigenvalue weighted by Crippen LogP contribution is -2.62. The van der Waals surface area contributed by atoms with E-state index < -0.39 is 0 Å². The van der Waals surface area contributed by atoms with Crippen LogP contribution < -0.4 is 5.73 Å². The summed E-state index contributed by atoms with van der Waals surface area (Å²) in [5.41, 5.74) is 9.82. The Kier molecular flexibility index (Phi) is 3.74. The van der Waals surface area contributed by atoms with E-state index in [9.17, 15) is 4.79 Å². The van der Waals surface area contributed by atoms with Crippen LogP contribution in [0.15, 0.2) is 18.2 Å². The van der Waals surface area contributed by atoms with Crippen LogP contribution >= 0.6 is 0 Å². The summed E-state index contributed by atoms with van der Waals surface area (Å²) in [6.45, 7) is 7.44. The Bertz CT molecular complexity index is 652. The number of rotatable bonds is 0. The number of carbonyl (C=O) groups excluding carboxylic acids is 1. The number of likely N-dealkylation sites (tertiary alicyclic amines) is 2. The average Bonchev–Trinajstić information content (AvgIpc) is 2.58. The predicted molar refractivity (Wildman–Crippen MR) is 97.0 cm³/mol. The minimum Gasteiger partial charge on any atom is -0.399 e. The quantitative estimate of drug-likeness (QED) is 0.743. The van der Waals surface area contributed by atoms with Crippen LogP contribution in [0.2, 0.25) is 0 Å². The van der Waals surface area contributed by atoms with Crippen molar-refractivity contribution in [1.29, 1.82) is 0 Å². The predicted octanol–water partition coefficient (Wildman–Crippen LogP) is 3.40. The minimum atomic E-state index is 0.157. The summed E-state index contributed by atoms with van der Waals surface area (Å²) >= 11 is 0. The van der Waals surface area contributed by atoms with Gasteiger partial charge in [-0.2, -0.15) is 0 Å². The summed E-state index contributed by atoms with van der Waals surface area (Å²) in [6, 6.07) is 6.94. The van der Waals surface area contributed by atoms with Crippen LogP contribution in [0, 0.1) is 5.92 Å². The molecule has 3 aliphatic rings. The molecule has 24 heavy (non-hydrogen) atoms. The van der Waals surface area contributed by atoms with Gasteiger partial charge in [-0.1, -0.05) is 19.9 Å². The first-order valence-corrected chi connectivity index (χ1v) is 9.45.